The molecule has 1 fully saturated rings. The van der Waals surface area contributed by atoms with E-state index in [-0.39, 0.29) is 12.5 Å². The number of aliphatic carboxylic acids is 1. The number of hydrogen-bond acceptors (Lipinski definition) is 4. The third-order valence-electron chi connectivity index (χ3n) is 4.30. The van der Waals surface area contributed by atoms with E-state index in [9.17, 15) is 14.7 Å². The fourth-order valence-corrected chi connectivity index (χ4v) is 3.09. The standard InChI is InChI=1S/C15H18N2O4/c1-16-6-5-9-7-10(3-4-11(9)16)13-14(15(19)20)21-8-12(18)17(13)2/h3-4,7,13-14H,5-6,8H2,1-2H3,(H,19,20). The minimum absolute atomic E-state index is 0.183. The molecule has 2 aliphatic heterocycles. The largest absolute Gasteiger partial charge is 0.479 e. The minimum atomic E-state index is -1.04. The average Bonchev–Trinajstić information content (AvgIpc) is 2.82. The van der Waals surface area contributed by atoms with E-state index < -0.39 is 18.1 Å². The highest BCUT2D eigenvalue weighted by Gasteiger charge is 2.40. The van der Waals surface area contributed by atoms with Crippen molar-refractivity contribution in [3.8, 4) is 0 Å². The highest BCUT2D eigenvalue weighted by molar-refractivity contribution is 5.82. The van der Waals surface area contributed by atoms with Crippen molar-refractivity contribution in [2.75, 3.05) is 32.1 Å². The maximum absolute atomic E-state index is 11.8. The second kappa shape index (κ2) is 5.04. The lowest BCUT2D eigenvalue weighted by molar-refractivity contribution is -0.171. The number of carboxylic acids is 1. The molecule has 1 aromatic rings. The van der Waals surface area contributed by atoms with Crippen LogP contribution in [0.4, 0.5) is 5.69 Å². The summed E-state index contributed by atoms with van der Waals surface area (Å²) in [6.45, 7) is 0.773. The lowest BCUT2D eigenvalue weighted by Crippen LogP contribution is -2.50. The summed E-state index contributed by atoms with van der Waals surface area (Å²) in [5.41, 5.74) is 3.16. The summed E-state index contributed by atoms with van der Waals surface area (Å²) < 4.78 is 5.23. The first-order valence-corrected chi connectivity index (χ1v) is 6.93. The molecule has 0 radical (unpaired) electrons. The Morgan fingerprint density at radius 2 is 2.14 bits per heavy atom. The van der Waals surface area contributed by atoms with Crippen LogP contribution in [0.5, 0.6) is 0 Å². The Morgan fingerprint density at radius 1 is 1.38 bits per heavy atom. The second-order valence-electron chi connectivity index (χ2n) is 5.58. The van der Waals surface area contributed by atoms with Crippen molar-refractivity contribution in [2.24, 2.45) is 0 Å². The number of amides is 1. The molecule has 6 heteroatoms. The van der Waals surface area contributed by atoms with Crippen LogP contribution in [0, 0.1) is 0 Å². The molecule has 2 heterocycles. The van der Waals surface area contributed by atoms with Gasteiger partial charge in [-0.3, -0.25) is 4.79 Å². The molecule has 0 spiro atoms. The number of morpholine rings is 1. The Labute approximate surface area is 122 Å². The zero-order valence-electron chi connectivity index (χ0n) is 12.1. The van der Waals surface area contributed by atoms with E-state index in [4.69, 9.17) is 4.74 Å². The lowest BCUT2D eigenvalue weighted by Gasteiger charge is -2.37. The van der Waals surface area contributed by atoms with Crippen LogP contribution in [0.25, 0.3) is 0 Å². The Morgan fingerprint density at radius 3 is 2.86 bits per heavy atom. The SMILES string of the molecule is CN1CCc2cc(C3C(C(=O)O)OCC(=O)N3C)ccc21. The van der Waals surface area contributed by atoms with E-state index in [0.29, 0.717) is 0 Å². The molecule has 1 amide bonds. The third kappa shape index (κ3) is 2.25. The van der Waals surface area contributed by atoms with Gasteiger partial charge in [0.2, 0.25) is 5.91 Å². The number of hydrogen-bond donors (Lipinski definition) is 1. The number of carboxylic acid groups (broad SMARTS) is 1. The molecule has 0 bridgehead atoms. The molecule has 2 atom stereocenters. The first-order valence-electron chi connectivity index (χ1n) is 6.93. The normalized spacial score (nSPS) is 25.1. The Balaban J connectivity index is 1.99. The Kier molecular flexibility index (Phi) is 3.33. The van der Waals surface area contributed by atoms with Gasteiger partial charge < -0.3 is 19.6 Å². The van der Waals surface area contributed by atoms with Crippen molar-refractivity contribution >= 4 is 17.6 Å². The molecule has 2 aliphatic rings. The first-order chi connectivity index (χ1) is 9.99. The molecule has 6 nitrogen and oxygen atoms in total. The van der Waals surface area contributed by atoms with Gasteiger partial charge in [0.15, 0.2) is 6.10 Å². The summed E-state index contributed by atoms with van der Waals surface area (Å²) >= 11 is 0. The fourth-order valence-electron chi connectivity index (χ4n) is 3.09. The average molecular weight is 290 g/mol. The summed E-state index contributed by atoms with van der Waals surface area (Å²) in [6.07, 6.45) is -0.0901. The maximum atomic E-state index is 11.8. The number of carbonyl (C=O) groups excluding carboxylic acids is 1. The van der Waals surface area contributed by atoms with Gasteiger partial charge >= 0.3 is 5.97 Å². The number of carbonyl (C=O) groups is 2. The van der Waals surface area contributed by atoms with E-state index in [1.165, 1.54) is 10.5 Å². The van der Waals surface area contributed by atoms with E-state index in [0.717, 1.165) is 24.2 Å². The molecule has 3 rings (SSSR count). The Bertz CT molecular complexity index is 601. The monoisotopic (exact) mass is 290 g/mol. The summed E-state index contributed by atoms with van der Waals surface area (Å²) in [4.78, 5) is 26.9. The number of fused-ring (bicyclic) bond motifs is 1. The zero-order chi connectivity index (χ0) is 15.1. The minimum Gasteiger partial charge on any atom is -0.479 e. The number of rotatable bonds is 2. The summed E-state index contributed by atoms with van der Waals surface area (Å²) in [7, 11) is 3.66. The van der Waals surface area contributed by atoms with Crippen molar-refractivity contribution in [1.82, 2.24) is 4.90 Å². The maximum Gasteiger partial charge on any atom is 0.335 e. The molecule has 1 aromatic carbocycles. The predicted octanol–water partition coefficient (Wildman–Crippen LogP) is 0.662. The van der Waals surface area contributed by atoms with Crippen LogP contribution in [-0.2, 0) is 20.7 Å². The first kappa shape index (κ1) is 13.9. The quantitative estimate of drug-likeness (QED) is 0.866. The van der Waals surface area contributed by atoms with Crippen LogP contribution in [-0.4, -0.2) is 55.2 Å². The number of anilines is 1. The third-order valence-corrected chi connectivity index (χ3v) is 4.30. The fraction of sp³-hybridized carbons (Fsp3) is 0.467. The van der Waals surface area contributed by atoms with Crippen LogP contribution in [0.15, 0.2) is 18.2 Å². The number of nitrogens with zero attached hydrogens (tertiary/aromatic N) is 2. The lowest BCUT2D eigenvalue weighted by atomic mass is 9.96. The van der Waals surface area contributed by atoms with Gasteiger partial charge in [-0.25, -0.2) is 4.79 Å². The molecule has 21 heavy (non-hydrogen) atoms. The van der Waals surface area contributed by atoms with Gasteiger partial charge in [0.05, 0.1) is 6.04 Å². The van der Waals surface area contributed by atoms with Crippen molar-refractivity contribution in [3.63, 3.8) is 0 Å². The smallest absolute Gasteiger partial charge is 0.335 e. The predicted molar refractivity (Wildman–Crippen MR) is 76.3 cm³/mol. The van der Waals surface area contributed by atoms with Crippen LogP contribution in [0.1, 0.15) is 17.2 Å². The highest BCUT2D eigenvalue weighted by atomic mass is 16.5. The molecule has 112 valence electrons. The van der Waals surface area contributed by atoms with Crippen molar-refractivity contribution in [1.29, 1.82) is 0 Å². The highest BCUT2D eigenvalue weighted by Crippen LogP contribution is 2.34. The summed E-state index contributed by atoms with van der Waals surface area (Å²) in [5.74, 6) is -1.24. The van der Waals surface area contributed by atoms with Crippen LogP contribution in [0.2, 0.25) is 0 Å². The topological polar surface area (TPSA) is 70.1 Å². The van der Waals surface area contributed by atoms with E-state index in [2.05, 4.69) is 4.90 Å². The van der Waals surface area contributed by atoms with Gasteiger partial charge in [-0.05, 0) is 23.6 Å². The Hall–Kier alpha value is -2.08. The van der Waals surface area contributed by atoms with Gasteiger partial charge in [-0.2, -0.15) is 0 Å². The zero-order valence-corrected chi connectivity index (χ0v) is 12.1. The second-order valence-corrected chi connectivity index (χ2v) is 5.58. The summed E-state index contributed by atoms with van der Waals surface area (Å²) in [6, 6.07) is 5.29. The molecule has 1 saturated heterocycles. The van der Waals surface area contributed by atoms with Crippen molar-refractivity contribution in [2.45, 2.75) is 18.6 Å². The number of ether oxygens (including phenoxy) is 1. The molecule has 1 N–H and O–H groups in total. The van der Waals surface area contributed by atoms with Gasteiger partial charge in [0.1, 0.15) is 6.61 Å². The molecular weight excluding hydrogens is 272 g/mol. The van der Waals surface area contributed by atoms with E-state index >= 15 is 0 Å². The number of benzene rings is 1. The van der Waals surface area contributed by atoms with E-state index in [1.807, 2.05) is 25.2 Å². The molecule has 0 saturated carbocycles. The summed E-state index contributed by atoms with van der Waals surface area (Å²) in [5, 5.41) is 9.34. The van der Waals surface area contributed by atoms with Crippen LogP contribution in [0.3, 0.4) is 0 Å². The molecule has 2 unspecified atom stereocenters. The van der Waals surface area contributed by atoms with Crippen molar-refractivity contribution < 1.29 is 19.4 Å². The molecule has 0 aromatic heterocycles. The van der Waals surface area contributed by atoms with Gasteiger partial charge in [0.25, 0.3) is 0 Å². The molecule has 0 aliphatic carbocycles. The van der Waals surface area contributed by atoms with E-state index in [1.54, 1.807) is 7.05 Å². The van der Waals surface area contributed by atoms with Crippen LogP contribution >= 0.6 is 0 Å². The molecular formula is C15H18N2O4. The van der Waals surface area contributed by atoms with Crippen molar-refractivity contribution in [3.05, 3.63) is 29.3 Å². The van der Waals surface area contributed by atoms with Gasteiger partial charge in [-0.1, -0.05) is 12.1 Å². The van der Waals surface area contributed by atoms with Crippen LogP contribution < -0.4 is 4.90 Å². The van der Waals surface area contributed by atoms with Gasteiger partial charge in [-0.15, -0.1) is 0 Å². The number of likely N-dealkylation sites (N-methyl/N-ethyl adjacent to an activating group) is 2. The van der Waals surface area contributed by atoms with Gasteiger partial charge in [0, 0.05) is 26.3 Å².